The second-order valence-electron chi connectivity index (χ2n) is 4.31. The quantitative estimate of drug-likeness (QED) is 0.909. The highest BCUT2D eigenvalue weighted by Crippen LogP contribution is 2.22. The van der Waals surface area contributed by atoms with Crippen LogP contribution in [0.15, 0.2) is 24.3 Å². The van der Waals surface area contributed by atoms with E-state index < -0.39 is 6.04 Å². The normalized spacial score (nSPS) is 19.9. The Hall–Kier alpha value is -1.55. The Kier molecular flexibility index (Phi) is 3.87. The first kappa shape index (κ1) is 12.9. The summed E-state index contributed by atoms with van der Waals surface area (Å²) in [5, 5.41) is 3.27. The van der Waals surface area contributed by atoms with Crippen LogP contribution in [0.25, 0.3) is 0 Å². The van der Waals surface area contributed by atoms with E-state index in [-0.39, 0.29) is 18.4 Å². The molecule has 18 heavy (non-hydrogen) atoms. The number of rotatable bonds is 3. The third-order valence-electron chi connectivity index (χ3n) is 2.90. The van der Waals surface area contributed by atoms with Gasteiger partial charge in [0.05, 0.1) is 0 Å². The van der Waals surface area contributed by atoms with Crippen LogP contribution in [0.1, 0.15) is 19.8 Å². The van der Waals surface area contributed by atoms with Crippen LogP contribution in [-0.4, -0.2) is 24.4 Å². The maximum atomic E-state index is 12.2. The summed E-state index contributed by atoms with van der Waals surface area (Å²) in [6.07, 6.45) is 1.50. The van der Waals surface area contributed by atoms with Gasteiger partial charge in [-0.3, -0.25) is 9.59 Å². The van der Waals surface area contributed by atoms with E-state index >= 15 is 0 Å². The summed E-state index contributed by atoms with van der Waals surface area (Å²) < 4.78 is 0. The number of nitrogens with zero attached hydrogens (tertiary/aromatic N) is 1. The molecular weight excluding hydrogens is 252 g/mol. The minimum atomic E-state index is -0.421. The first-order valence-corrected chi connectivity index (χ1v) is 6.36. The lowest BCUT2D eigenvalue weighted by Gasteiger charge is -2.32. The fourth-order valence-electron chi connectivity index (χ4n) is 2.06. The van der Waals surface area contributed by atoms with Crippen molar-refractivity contribution in [2.75, 3.05) is 11.4 Å². The molecule has 1 N–H and O–H groups in total. The number of amides is 2. The molecule has 1 unspecified atom stereocenters. The molecule has 2 amide bonds. The van der Waals surface area contributed by atoms with Crippen molar-refractivity contribution in [2.45, 2.75) is 25.8 Å². The molecule has 1 saturated heterocycles. The van der Waals surface area contributed by atoms with Crippen LogP contribution in [0.5, 0.6) is 0 Å². The molecule has 1 heterocycles. The van der Waals surface area contributed by atoms with E-state index in [0.717, 1.165) is 6.42 Å². The van der Waals surface area contributed by atoms with E-state index in [1.165, 1.54) is 4.90 Å². The molecule has 0 bridgehead atoms. The number of anilines is 1. The lowest BCUT2D eigenvalue weighted by molar-refractivity contribution is -0.131. The highest BCUT2D eigenvalue weighted by atomic mass is 35.5. The van der Waals surface area contributed by atoms with Gasteiger partial charge in [0.1, 0.15) is 12.6 Å². The second kappa shape index (κ2) is 5.40. The Morgan fingerprint density at radius 3 is 2.89 bits per heavy atom. The van der Waals surface area contributed by atoms with Gasteiger partial charge in [-0.1, -0.05) is 31.0 Å². The first-order valence-electron chi connectivity index (χ1n) is 5.98. The Morgan fingerprint density at radius 1 is 1.44 bits per heavy atom. The zero-order chi connectivity index (χ0) is 13.1. The first-order chi connectivity index (χ1) is 8.61. The van der Waals surface area contributed by atoms with Crippen LogP contribution in [0.3, 0.4) is 0 Å². The molecule has 1 atom stereocenters. The molecule has 0 saturated carbocycles. The molecule has 4 nitrogen and oxygen atoms in total. The molecule has 1 fully saturated rings. The molecule has 0 radical (unpaired) electrons. The standard InChI is InChI=1S/C13H15ClN2O2/c1-2-4-11-13(18)16(8-12(17)15-11)10-6-3-5-9(14)7-10/h3,5-7,11H,2,4,8H2,1H3,(H,15,17). The lowest BCUT2D eigenvalue weighted by atomic mass is 10.1. The third-order valence-corrected chi connectivity index (χ3v) is 3.13. The minimum Gasteiger partial charge on any atom is -0.343 e. The summed E-state index contributed by atoms with van der Waals surface area (Å²) >= 11 is 5.91. The van der Waals surface area contributed by atoms with Gasteiger partial charge in [-0.05, 0) is 24.6 Å². The van der Waals surface area contributed by atoms with Crippen molar-refractivity contribution >= 4 is 29.1 Å². The van der Waals surface area contributed by atoms with Crippen molar-refractivity contribution in [1.82, 2.24) is 5.32 Å². The zero-order valence-corrected chi connectivity index (χ0v) is 10.9. The summed E-state index contributed by atoms with van der Waals surface area (Å²) in [6, 6.07) is 6.57. The Bertz CT molecular complexity index is 476. The highest BCUT2D eigenvalue weighted by molar-refractivity contribution is 6.31. The molecule has 0 aliphatic carbocycles. The fraction of sp³-hybridized carbons (Fsp3) is 0.385. The summed E-state index contributed by atoms with van der Waals surface area (Å²) in [5.74, 6) is -0.202. The summed E-state index contributed by atoms with van der Waals surface area (Å²) in [6.45, 7) is 2.04. The number of hydrogen-bond donors (Lipinski definition) is 1. The maximum Gasteiger partial charge on any atom is 0.250 e. The Balaban J connectivity index is 2.26. The number of piperazine rings is 1. The van der Waals surface area contributed by atoms with Gasteiger partial charge in [-0.15, -0.1) is 0 Å². The summed E-state index contributed by atoms with van der Waals surface area (Å²) in [4.78, 5) is 25.4. The van der Waals surface area contributed by atoms with Crippen molar-refractivity contribution in [2.24, 2.45) is 0 Å². The number of halogens is 1. The van der Waals surface area contributed by atoms with Crippen LogP contribution in [-0.2, 0) is 9.59 Å². The van der Waals surface area contributed by atoms with E-state index in [1.807, 2.05) is 6.92 Å². The van der Waals surface area contributed by atoms with E-state index in [2.05, 4.69) is 5.32 Å². The molecule has 1 aliphatic heterocycles. The van der Waals surface area contributed by atoms with E-state index in [9.17, 15) is 9.59 Å². The smallest absolute Gasteiger partial charge is 0.250 e. The molecule has 96 valence electrons. The summed E-state index contributed by atoms with van der Waals surface area (Å²) in [5.41, 5.74) is 0.670. The van der Waals surface area contributed by atoms with Crippen LogP contribution in [0, 0.1) is 0 Å². The van der Waals surface area contributed by atoms with Gasteiger partial charge < -0.3 is 10.2 Å². The van der Waals surface area contributed by atoms with Crippen LogP contribution in [0.4, 0.5) is 5.69 Å². The van der Waals surface area contributed by atoms with Crippen molar-refractivity contribution in [1.29, 1.82) is 0 Å². The molecule has 1 aromatic carbocycles. The zero-order valence-electron chi connectivity index (χ0n) is 10.1. The van der Waals surface area contributed by atoms with Gasteiger partial charge in [0.2, 0.25) is 11.8 Å². The molecular formula is C13H15ClN2O2. The van der Waals surface area contributed by atoms with E-state index in [1.54, 1.807) is 24.3 Å². The predicted molar refractivity (Wildman–Crippen MR) is 70.6 cm³/mol. The van der Waals surface area contributed by atoms with Crippen LogP contribution < -0.4 is 10.2 Å². The number of carbonyl (C=O) groups excluding carboxylic acids is 2. The van der Waals surface area contributed by atoms with Crippen molar-refractivity contribution < 1.29 is 9.59 Å². The van der Waals surface area contributed by atoms with Gasteiger partial charge in [-0.25, -0.2) is 0 Å². The number of nitrogens with one attached hydrogen (secondary N) is 1. The van der Waals surface area contributed by atoms with Gasteiger partial charge in [-0.2, -0.15) is 0 Å². The van der Waals surface area contributed by atoms with Gasteiger partial charge in [0, 0.05) is 10.7 Å². The highest BCUT2D eigenvalue weighted by Gasteiger charge is 2.32. The topological polar surface area (TPSA) is 49.4 Å². The Labute approximate surface area is 111 Å². The van der Waals surface area contributed by atoms with Gasteiger partial charge >= 0.3 is 0 Å². The number of carbonyl (C=O) groups is 2. The fourth-order valence-corrected chi connectivity index (χ4v) is 2.24. The largest absolute Gasteiger partial charge is 0.343 e. The summed E-state index contributed by atoms with van der Waals surface area (Å²) in [7, 11) is 0. The average molecular weight is 267 g/mol. The Morgan fingerprint density at radius 2 is 2.22 bits per heavy atom. The molecule has 1 aliphatic rings. The SMILES string of the molecule is CCCC1NC(=O)CN(c2cccc(Cl)c2)C1=O. The number of hydrogen-bond acceptors (Lipinski definition) is 2. The van der Waals surface area contributed by atoms with E-state index in [4.69, 9.17) is 11.6 Å². The van der Waals surface area contributed by atoms with Crippen LogP contribution in [0.2, 0.25) is 5.02 Å². The molecule has 5 heteroatoms. The van der Waals surface area contributed by atoms with Gasteiger partial charge in [0.15, 0.2) is 0 Å². The molecule has 2 rings (SSSR count). The minimum absolute atomic E-state index is 0.0550. The monoisotopic (exact) mass is 266 g/mol. The van der Waals surface area contributed by atoms with Gasteiger partial charge in [0.25, 0.3) is 0 Å². The molecule has 1 aromatic rings. The second-order valence-corrected chi connectivity index (χ2v) is 4.75. The number of benzene rings is 1. The average Bonchev–Trinajstić information content (AvgIpc) is 2.33. The third kappa shape index (κ3) is 2.64. The van der Waals surface area contributed by atoms with Crippen molar-refractivity contribution in [3.63, 3.8) is 0 Å². The van der Waals surface area contributed by atoms with E-state index in [0.29, 0.717) is 17.1 Å². The van der Waals surface area contributed by atoms with Crippen molar-refractivity contribution in [3.05, 3.63) is 29.3 Å². The predicted octanol–water partition coefficient (Wildman–Crippen LogP) is 1.97. The molecule has 0 aromatic heterocycles. The molecule has 0 spiro atoms. The lowest BCUT2D eigenvalue weighted by Crippen LogP contribution is -2.58. The maximum absolute atomic E-state index is 12.2. The van der Waals surface area contributed by atoms with Crippen LogP contribution >= 0.6 is 11.6 Å². The van der Waals surface area contributed by atoms with Crippen molar-refractivity contribution in [3.8, 4) is 0 Å².